The minimum atomic E-state index is 0.163. The molecule has 2 nitrogen and oxygen atoms in total. The van der Waals surface area contributed by atoms with E-state index in [0.29, 0.717) is 12.5 Å². The molecule has 2 heteroatoms. The summed E-state index contributed by atoms with van der Waals surface area (Å²) in [6, 6.07) is 9.09. The van der Waals surface area contributed by atoms with Crippen molar-refractivity contribution in [1.82, 2.24) is 0 Å². The summed E-state index contributed by atoms with van der Waals surface area (Å²) < 4.78 is 11.0. The number of benzene rings is 1. The van der Waals surface area contributed by atoms with E-state index in [-0.39, 0.29) is 12.2 Å². The normalized spacial score (nSPS) is 24.7. The maximum absolute atomic E-state index is 5.78. The molecule has 2 unspecified atom stereocenters. The minimum absolute atomic E-state index is 0.163. The molecular formula is C21H32O2. The lowest BCUT2D eigenvalue weighted by molar-refractivity contribution is 0.00180. The second kappa shape index (κ2) is 9.24. The zero-order valence-corrected chi connectivity index (χ0v) is 15.1. The van der Waals surface area contributed by atoms with E-state index in [1.54, 1.807) is 7.11 Å². The van der Waals surface area contributed by atoms with Crippen molar-refractivity contribution in [2.75, 3.05) is 13.7 Å². The molecule has 1 fully saturated rings. The van der Waals surface area contributed by atoms with Crippen LogP contribution in [0.4, 0.5) is 0 Å². The summed E-state index contributed by atoms with van der Waals surface area (Å²) in [6.07, 6.45) is 10.1. The molecule has 2 rings (SSSR count). The van der Waals surface area contributed by atoms with Crippen molar-refractivity contribution in [3.8, 4) is 0 Å². The number of hydrogen-bond donors (Lipinski definition) is 0. The highest BCUT2D eigenvalue weighted by Crippen LogP contribution is 2.36. The first-order valence-electron chi connectivity index (χ1n) is 8.97. The summed E-state index contributed by atoms with van der Waals surface area (Å²) in [4.78, 5) is 0. The van der Waals surface area contributed by atoms with Crippen molar-refractivity contribution in [3.63, 3.8) is 0 Å². The van der Waals surface area contributed by atoms with E-state index in [1.807, 2.05) is 6.92 Å². The quantitative estimate of drug-likeness (QED) is 0.638. The highest BCUT2D eigenvalue weighted by Gasteiger charge is 2.20. The van der Waals surface area contributed by atoms with Crippen LogP contribution in [0, 0.1) is 12.8 Å². The van der Waals surface area contributed by atoms with Gasteiger partial charge < -0.3 is 9.47 Å². The molecule has 1 aliphatic rings. The van der Waals surface area contributed by atoms with Gasteiger partial charge in [0.05, 0.1) is 18.8 Å². The average Bonchev–Trinajstić information content (AvgIpc) is 2.59. The van der Waals surface area contributed by atoms with E-state index in [9.17, 15) is 0 Å². The topological polar surface area (TPSA) is 18.5 Å². The first-order valence-corrected chi connectivity index (χ1v) is 8.97. The molecule has 0 heterocycles. The molecule has 0 radical (unpaired) electrons. The summed E-state index contributed by atoms with van der Waals surface area (Å²) >= 11 is 0. The molecule has 0 amide bonds. The smallest absolute Gasteiger partial charge is 0.0776 e. The molecule has 0 N–H and O–H groups in total. The van der Waals surface area contributed by atoms with Crippen molar-refractivity contribution in [3.05, 3.63) is 47.5 Å². The molecule has 0 bridgehead atoms. The van der Waals surface area contributed by atoms with Gasteiger partial charge in [0.15, 0.2) is 0 Å². The molecule has 1 aromatic rings. The van der Waals surface area contributed by atoms with Crippen LogP contribution in [0.15, 0.2) is 36.4 Å². The van der Waals surface area contributed by atoms with E-state index in [4.69, 9.17) is 9.47 Å². The SMILES string of the molecule is COC(C)COC(C)/C=C/C1CCC(c2ccc(C)cc2)CC1. The molecular weight excluding hydrogens is 284 g/mol. The Kier molecular flexibility index (Phi) is 7.32. The lowest BCUT2D eigenvalue weighted by Gasteiger charge is -2.27. The van der Waals surface area contributed by atoms with Crippen LogP contribution in [0.5, 0.6) is 0 Å². The Labute approximate surface area is 141 Å². The van der Waals surface area contributed by atoms with Gasteiger partial charge >= 0.3 is 0 Å². The van der Waals surface area contributed by atoms with Crippen LogP contribution in [0.2, 0.25) is 0 Å². The second-order valence-corrected chi connectivity index (χ2v) is 6.99. The first-order chi connectivity index (χ1) is 11.1. The molecule has 2 atom stereocenters. The van der Waals surface area contributed by atoms with Crippen LogP contribution in [0.1, 0.15) is 56.6 Å². The molecule has 23 heavy (non-hydrogen) atoms. The molecule has 0 aromatic heterocycles. The van der Waals surface area contributed by atoms with Crippen LogP contribution in [0.25, 0.3) is 0 Å². The van der Waals surface area contributed by atoms with E-state index in [1.165, 1.54) is 36.8 Å². The molecule has 0 aliphatic heterocycles. The summed E-state index contributed by atoms with van der Waals surface area (Å²) in [6.45, 7) is 6.95. The predicted octanol–water partition coefficient (Wildman–Crippen LogP) is 5.27. The van der Waals surface area contributed by atoms with E-state index < -0.39 is 0 Å². The maximum atomic E-state index is 5.78. The zero-order chi connectivity index (χ0) is 16.7. The predicted molar refractivity (Wildman–Crippen MR) is 96.9 cm³/mol. The fourth-order valence-corrected chi connectivity index (χ4v) is 3.21. The molecule has 128 valence electrons. The Morgan fingerprint density at radius 1 is 1.09 bits per heavy atom. The molecule has 1 aliphatic carbocycles. The summed E-state index contributed by atoms with van der Waals surface area (Å²) in [5, 5.41) is 0. The third-order valence-electron chi connectivity index (χ3n) is 4.97. The monoisotopic (exact) mass is 316 g/mol. The van der Waals surface area contributed by atoms with Gasteiger partial charge in [-0.2, -0.15) is 0 Å². The lowest BCUT2D eigenvalue weighted by atomic mass is 9.78. The highest BCUT2D eigenvalue weighted by atomic mass is 16.5. The van der Waals surface area contributed by atoms with Crippen molar-refractivity contribution >= 4 is 0 Å². The third-order valence-corrected chi connectivity index (χ3v) is 4.97. The number of allylic oxidation sites excluding steroid dienone is 1. The largest absolute Gasteiger partial charge is 0.379 e. The Balaban J connectivity index is 1.73. The summed E-state index contributed by atoms with van der Waals surface area (Å²) in [5.41, 5.74) is 2.87. The summed E-state index contributed by atoms with van der Waals surface area (Å²) in [5.74, 6) is 1.46. The van der Waals surface area contributed by atoms with Gasteiger partial charge in [-0.05, 0) is 63.9 Å². The van der Waals surface area contributed by atoms with Crippen molar-refractivity contribution in [2.45, 2.75) is 64.6 Å². The highest BCUT2D eigenvalue weighted by molar-refractivity contribution is 5.25. The number of rotatable bonds is 7. The molecule has 1 aromatic carbocycles. The van der Waals surface area contributed by atoms with Gasteiger partial charge in [-0.3, -0.25) is 0 Å². The second-order valence-electron chi connectivity index (χ2n) is 6.99. The van der Waals surface area contributed by atoms with Gasteiger partial charge in [-0.15, -0.1) is 0 Å². The lowest BCUT2D eigenvalue weighted by Crippen LogP contribution is -2.18. The number of aryl methyl sites for hydroxylation is 1. The van der Waals surface area contributed by atoms with Crippen LogP contribution in [-0.4, -0.2) is 25.9 Å². The fourth-order valence-electron chi connectivity index (χ4n) is 3.21. The molecule has 1 saturated carbocycles. The van der Waals surface area contributed by atoms with Crippen LogP contribution in [-0.2, 0) is 9.47 Å². The molecule has 0 saturated heterocycles. The van der Waals surface area contributed by atoms with Crippen molar-refractivity contribution in [1.29, 1.82) is 0 Å². The Hall–Kier alpha value is -1.12. The number of methoxy groups -OCH3 is 1. The van der Waals surface area contributed by atoms with E-state index in [2.05, 4.69) is 50.3 Å². The van der Waals surface area contributed by atoms with Gasteiger partial charge in [0, 0.05) is 7.11 Å². The van der Waals surface area contributed by atoms with E-state index in [0.717, 1.165) is 5.92 Å². The minimum Gasteiger partial charge on any atom is -0.379 e. The van der Waals surface area contributed by atoms with Gasteiger partial charge in [0.1, 0.15) is 0 Å². The van der Waals surface area contributed by atoms with Crippen molar-refractivity contribution in [2.24, 2.45) is 5.92 Å². The fraction of sp³-hybridized carbons (Fsp3) is 0.619. The van der Waals surface area contributed by atoms with Crippen LogP contribution < -0.4 is 0 Å². The Bertz CT molecular complexity index is 469. The van der Waals surface area contributed by atoms with Crippen molar-refractivity contribution < 1.29 is 9.47 Å². The third kappa shape index (κ3) is 6.12. The zero-order valence-electron chi connectivity index (χ0n) is 15.1. The number of ether oxygens (including phenoxy) is 2. The van der Waals surface area contributed by atoms with Gasteiger partial charge in [-0.25, -0.2) is 0 Å². The Morgan fingerprint density at radius 2 is 1.74 bits per heavy atom. The average molecular weight is 316 g/mol. The maximum Gasteiger partial charge on any atom is 0.0776 e. The van der Waals surface area contributed by atoms with Crippen LogP contribution in [0.3, 0.4) is 0 Å². The van der Waals surface area contributed by atoms with E-state index >= 15 is 0 Å². The summed E-state index contributed by atoms with van der Waals surface area (Å²) in [7, 11) is 1.72. The first kappa shape index (κ1) is 18.2. The standard InChI is InChI=1S/C21H32O2/c1-16-5-11-20(12-6-16)21-13-9-19(10-14-21)8-7-17(2)23-15-18(3)22-4/h5-8,11-12,17-19,21H,9-10,13-15H2,1-4H3/b8-7+. The Morgan fingerprint density at radius 3 is 2.35 bits per heavy atom. The van der Waals surface area contributed by atoms with Gasteiger partial charge in [0.25, 0.3) is 0 Å². The number of hydrogen-bond acceptors (Lipinski definition) is 2. The van der Waals surface area contributed by atoms with Gasteiger partial charge in [-0.1, -0.05) is 42.0 Å². The van der Waals surface area contributed by atoms with Gasteiger partial charge in [0.2, 0.25) is 0 Å². The molecule has 0 spiro atoms. The van der Waals surface area contributed by atoms with Crippen LogP contribution >= 0.6 is 0 Å².